The average Bonchev–Trinajstić information content (AvgIpc) is 2.48. The van der Waals surface area contributed by atoms with Gasteiger partial charge in [0.25, 0.3) is 0 Å². The number of carboxylic acid groups (broad SMARTS) is 1. The molecule has 0 amide bonds. The van der Waals surface area contributed by atoms with E-state index in [-0.39, 0.29) is 12.5 Å². The van der Waals surface area contributed by atoms with Crippen LogP contribution in [0.15, 0.2) is 18.2 Å². The summed E-state index contributed by atoms with van der Waals surface area (Å²) in [7, 11) is 0. The van der Waals surface area contributed by atoms with Crippen molar-refractivity contribution in [1.29, 1.82) is 0 Å². The van der Waals surface area contributed by atoms with E-state index in [0.29, 0.717) is 31.1 Å². The molecular weight excluding hydrogens is 270 g/mol. The minimum atomic E-state index is -0.837. The first-order valence-electron chi connectivity index (χ1n) is 7.45. The van der Waals surface area contributed by atoms with Crippen molar-refractivity contribution < 1.29 is 19.4 Å². The van der Waals surface area contributed by atoms with E-state index >= 15 is 0 Å². The van der Waals surface area contributed by atoms with Gasteiger partial charge in [0, 0.05) is 12.5 Å². The average molecular weight is 295 g/mol. The number of benzene rings is 1. The van der Waals surface area contributed by atoms with Crippen molar-refractivity contribution in [3.8, 4) is 11.5 Å². The Morgan fingerprint density at radius 3 is 2.38 bits per heavy atom. The van der Waals surface area contributed by atoms with Gasteiger partial charge in [0.2, 0.25) is 0 Å². The van der Waals surface area contributed by atoms with Crippen molar-refractivity contribution in [1.82, 2.24) is 0 Å². The van der Waals surface area contributed by atoms with E-state index in [4.69, 9.17) is 20.3 Å². The molecule has 1 atom stereocenters. The SMILES string of the molecule is CCCOc1ccc(C(N)CCC(=O)O)cc1OCCC. The van der Waals surface area contributed by atoms with Crippen LogP contribution in [0.1, 0.15) is 51.1 Å². The summed E-state index contributed by atoms with van der Waals surface area (Å²) in [5.74, 6) is 0.545. The lowest BCUT2D eigenvalue weighted by atomic mass is 10.0. The number of aliphatic carboxylic acids is 1. The van der Waals surface area contributed by atoms with Crippen LogP contribution in [0.25, 0.3) is 0 Å². The van der Waals surface area contributed by atoms with E-state index in [1.165, 1.54) is 0 Å². The van der Waals surface area contributed by atoms with Crippen LogP contribution in [-0.2, 0) is 4.79 Å². The van der Waals surface area contributed by atoms with Crippen molar-refractivity contribution in [2.24, 2.45) is 5.73 Å². The summed E-state index contributed by atoms with van der Waals surface area (Å²) in [5.41, 5.74) is 6.90. The fraction of sp³-hybridized carbons (Fsp3) is 0.562. The molecule has 0 spiro atoms. The molecule has 0 heterocycles. The molecule has 21 heavy (non-hydrogen) atoms. The Balaban J connectivity index is 2.83. The number of hydrogen-bond acceptors (Lipinski definition) is 4. The Bertz CT molecular complexity index is 448. The molecule has 5 heteroatoms. The van der Waals surface area contributed by atoms with Gasteiger partial charge in [0.1, 0.15) is 0 Å². The molecule has 0 aromatic heterocycles. The maximum absolute atomic E-state index is 10.6. The minimum Gasteiger partial charge on any atom is -0.490 e. The first-order chi connectivity index (χ1) is 10.1. The van der Waals surface area contributed by atoms with Gasteiger partial charge in [-0.3, -0.25) is 4.79 Å². The Hall–Kier alpha value is -1.75. The van der Waals surface area contributed by atoms with Gasteiger partial charge >= 0.3 is 5.97 Å². The zero-order chi connectivity index (χ0) is 15.7. The third-order valence-corrected chi connectivity index (χ3v) is 2.99. The van der Waals surface area contributed by atoms with E-state index in [0.717, 1.165) is 18.4 Å². The van der Waals surface area contributed by atoms with E-state index < -0.39 is 5.97 Å². The largest absolute Gasteiger partial charge is 0.490 e. The van der Waals surface area contributed by atoms with Crippen molar-refractivity contribution in [3.63, 3.8) is 0 Å². The lowest BCUT2D eigenvalue weighted by Gasteiger charge is -2.16. The van der Waals surface area contributed by atoms with Crippen LogP contribution in [-0.4, -0.2) is 24.3 Å². The standard InChI is InChI=1S/C16H25NO4/c1-3-9-20-14-7-5-12(11-15(14)21-10-4-2)13(17)6-8-16(18)19/h5,7,11,13H,3-4,6,8-10,17H2,1-2H3,(H,18,19). The summed E-state index contributed by atoms with van der Waals surface area (Å²) >= 11 is 0. The second-order valence-electron chi connectivity index (χ2n) is 4.94. The number of rotatable bonds is 10. The predicted molar refractivity (Wildman–Crippen MR) is 81.8 cm³/mol. The van der Waals surface area contributed by atoms with Gasteiger partial charge in [-0.15, -0.1) is 0 Å². The summed E-state index contributed by atoms with van der Waals surface area (Å²) in [6.45, 7) is 5.32. The highest BCUT2D eigenvalue weighted by Crippen LogP contribution is 2.31. The van der Waals surface area contributed by atoms with E-state index in [2.05, 4.69) is 0 Å². The Morgan fingerprint density at radius 2 is 1.81 bits per heavy atom. The number of carboxylic acids is 1. The zero-order valence-corrected chi connectivity index (χ0v) is 12.8. The van der Waals surface area contributed by atoms with Crippen molar-refractivity contribution in [2.45, 2.75) is 45.6 Å². The van der Waals surface area contributed by atoms with Gasteiger partial charge in [0.15, 0.2) is 11.5 Å². The molecule has 0 aliphatic heterocycles. The van der Waals surface area contributed by atoms with Crippen LogP contribution in [0.5, 0.6) is 11.5 Å². The molecular formula is C16H25NO4. The molecule has 0 saturated heterocycles. The van der Waals surface area contributed by atoms with Gasteiger partial charge in [-0.1, -0.05) is 19.9 Å². The maximum atomic E-state index is 10.6. The van der Waals surface area contributed by atoms with Gasteiger partial charge in [-0.2, -0.15) is 0 Å². The lowest BCUT2D eigenvalue weighted by Crippen LogP contribution is -2.13. The number of carbonyl (C=O) groups is 1. The predicted octanol–water partition coefficient (Wildman–Crippen LogP) is 3.13. The monoisotopic (exact) mass is 295 g/mol. The van der Waals surface area contributed by atoms with E-state index in [1.807, 2.05) is 32.0 Å². The minimum absolute atomic E-state index is 0.0560. The number of hydrogen-bond donors (Lipinski definition) is 2. The second kappa shape index (κ2) is 9.23. The van der Waals surface area contributed by atoms with Crippen LogP contribution in [0, 0.1) is 0 Å². The van der Waals surface area contributed by atoms with Crippen molar-refractivity contribution in [3.05, 3.63) is 23.8 Å². The molecule has 0 aliphatic rings. The van der Waals surface area contributed by atoms with Crippen molar-refractivity contribution >= 4 is 5.97 Å². The molecule has 0 saturated carbocycles. The molecule has 0 aliphatic carbocycles. The summed E-state index contributed by atoms with van der Waals surface area (Å²) < 4.78 is 11.4. The quantitative estimate of drug-likeness (QED) is 0.693. The van der Waals surface area contributed by atoms with Crippen LogP contribution in [0.4, 0.5) is 0 Å². The molecule has 0 bridgehead atoms. The molecule has 0 radical (unpaired) electrons. The second-order valence-corrected chi connectivity index (χ2v) is 4.94. The van der Waals surface area contributed by atoms with Gasteiger partial charge in [0.05, 0.1) is 13.2 Å². The van der Waals surface area contributed by atoms with Crippen LogP contribution < -0.4 is 15.2 Å². The fourth-order valence-electron chi connectivity index (χ4n) is 1.86. The van der Waals surface area contributed by atoms with E-state index in [1.54, 1.807) is 0 Å². The summed E-state index contributed by atoms with van der Waals surface area (Å²) in [6, 6.07) is 5.26. The normalized spacial score (nSPS) is 12.0. The number of nitrogens with two attached hydrogens (primary N) is 1. The molecule has 1 rings (SSSR count). The van der Waals surface area contributed by atoms with Crippen LogP contribution in [0.3, 0.4) is 0 Å². The third-order valence-electron chi connectivity index (χ3n) is 2.99. The summed E-state index contributed by atoms with van der Waals surface area (Å²) in [5, 5.41) is 8.72. The first-order valence-corrected chi connectivity index (χ1v) is 7.45. The van der Waals surface area contributed by atoms with Gasteiger partial charge in [-0.25, -0.2) is 0 Å². The molecule has 0 fully saturated rings. The topological polar surface area (TPSA) is 81.8 Å². The Labute approximate surface area is 126 Å². The van der Waals surface area contributed by atoms with Crippen molar-refractivity contribution in [2.75, 3.05) is 13.2 Å². The summed E-state index contributed by atoms with van der Waals surface area (Å²) in [4.78, 5) is 10.6. The van der Waals surface area contributed by atoms with Crippen LogP contribution >= 0.6 is 0 Å². The maximum Gasteiger partial charge on any atom is 0.303 e. The first kappa shape index (κ1) is 17.3. The lowest BCUT2D eigenvalue weighted by molar-refractivity contribution is -0.137. The molecule has 1 unspecified atom stereocenters. The van der Waals surface area contributed by atoms with Crippen LogP contribution in [0.2, 0.25) is 0 Å². The van der Waals surface area contributed by atoms with E-state index in [9.17, 15) is 4.79 Å². The molecule has 5 nitrogen and oxygen atoms in total. The Morgan fingerprint density at radius 1 is 1.19 bits per heavy atom. The zero-order valence-electron chi connectivity index (χ0n) is 12.8. The van der Waals surface area contributed by atoms with Gasteiger partial charge < -0.3 is 20.3 Å². The molecule has 1 aromatic rings. The smallest absolute Gasteiger partial charge is 0.303 e. The summed E-state index contributed by atoms with van der Waals surface area (Å²) in [6.07, 6.45) is 2.29. The third kappa shape index (κ3) is 6.04. The number of ether oxygens (including phenoxy) is 2. The molecule has 3 N–H and O–H groups in total. The fourth-order valence-corrected chi connectivity index (χ4v) is 1.86. The van der Waals surface area contributed by atoms with Gasteiger partial charge in [-0.05, 0) is 37.0 Å². The Kier molecular flexibility index (Phi) is 7.61. The highest BCUT2D eigenvalue weighted by molar-refractivity contribution is 5.66. The molecule has 118 valence electrons. The highest BCUT2D eigenvalue weighted by atomic mass is 16.5. The molecule has 1 aromatic carbocycles. The highest BCUT2D eigenvalue weighted by Gasteiger charge is 2.13.